The second-order valence-electron chi connectivity index (χ2n) is 8.52. The minimum absolute atomic E-state index is 0.00255. The molecule has 0 bridgehead atoms. The third kappa shape index (κ3) is 6.13. The standard InChI is InChI=1S/C29H30N2O3/c1-34-27-14-13-26(21-25(27)20-23-10-6-3-7-11-23)30-29(33)24-16-18-31(19-17-24)28(32)15-12-22-8-4-2-5-9-22/h2-15,21,24H,16-20H2,1H3,(H,30,33)/b15-12+. The largest absolute Gasteiger partial charge is 0.496 e. The molecule has 0 radical (unpaired) electrons. The molecule has 174 valence electrons. The number of methoxy groups -OCH3 is 1. The second-order valence-corrected chi connectivity index (χ2v) is 8.52. The number of rotatable bonds is 7. The number of ether oxygens (including phenoxy) is 1. The highest BCUT2D eigenvalue weighted by atomic mass is 16.5. The van der Waals surface area contributed by atoms with Crippen molar-refractivity contribution in [3.8, 4) is 5.75 Å². The summed E-state index contributed by atoms with van der Waals surface area (Å²) >= 11 is 0. The van der Waals surface area contributed by atoms with Crippen molar-refractivity contribution in [3.05, 3.63) is 102 Å². The van der Waals surface area contributed by atoms with Gasteiger partial charge in [-0.1, -0.05) is 60.7 Å². The molecule has 4 rings (SSSR count). The molecule has 1 fully saturated rings. The molecule has 0 unspecified atom stereocenters. The van der Waals surface area contributed by atoms with Crippen LogP contribution in [0.15, 0.2) is 84.9 Å². The van der Waals surface area contributed by atoms with E-state index in [2.05, 4.69) is 17.4 Å². The maximum absolute atomic E-state index is 12.9. The van der Waals surface area contributed by atoms with E-state index in [0.717, 1.165) is 29.0 Å². The minimum Gasteiger partial charge on any atom is -0.496 e. The van der Waals surface area contributed by atoms with Crippen molar-refractivity contribution in [2.45, 2.75) is 19.3 Å². The number of carbonyl (C=O) groups is 2. The minimum atomic E-state index is -0.109. The van der Waals surface area contributed by atoms with Crippen molar-refractivity contribution >= 4 is 23.6 Å². The van der Waals surface area contributed by atoms with E-state index in [1.807, 2.05) is 77.7 Å². The van der Waals surface area contributed by atoms with Crippen molar-refractivity contribution in [2.24, 2.45) is 5.92 Å². The lowest BCUT2D eigenvalue weighted by Gasteiger charge is -2.30. The van der Waals surface area contributed by atoms with Gasteiger partial charge in [0, 0.05) is 42.8 Å². The highest BCUT2D eigenvalue weighted by molar-refractivity contribution is 5.94. The molecule has 34 heavy (non-hydrogen) atoms. The van der Waals surface area contributed by atoms with Gasteiger partial charge in [0.2, 0.25) is 11.8 Å². The van der Waals surface area contributed by atoms with Crippen LogP contribution >= 0.6 is 0 Å². The number of likely N-dealkylation sites (tertiary alicyclic amines) is 1. The Morgan fingerprint density at radius 3 is 2.32 bits per heavy atom. The molecule has 1 saturated heterocycles. The SMILES string of the molecule is COc1ccc(NC(=O)C2CCN(C(=O)/C=C/c3ccccc3)CC2)cc1Cc1ccccc1. The van der Waals surface area contributed by atoms with Crippen molar-refractivity contribution in [1.82, 2.24) is 4.90 Å². The Balaban J connectivity index is 1.32. The predicted molar refractivity (Wildman–Crippen MR) is 136 cm³/mol. The molecule has 5 heteroatoms. The lowest BCUT2D eigenvalue weighted by atomic mass is 9.95. The number of piperidine rings is 1. The molecule has 5 nitrogen and oxygen atoms in total. The Kier molecular flexibility index (Phi) is 7.76. The first-order valence-electron chi connectivity index (χ1n) is 11.7. The van der Waals surface area contributed by atoms with Gasteiger partial charge in [-0.2, -0.15) is 0 Å². The Hall–Kier alpha value is -3.86. The fourth-order valence-electron chi connectivity index (χ4n) is 4.25. The van der Waals surface area contributed by atoms with Gasteiger partial charge < -0.3 is 15.0 Å². The van der Waals surface area contributed by atoms with Crippen molar-refractivity contribution in [3.63, 3.8) is 0 Å². The van der Waals surface area contributed by atoms with Gasteiger partial charge >= 0.3 is 0 Å². The Bertz CT molecular complexity index is 1130. The van der Waals surface area contributed by atoms with E-state index in [0.29, 0.717) is 25.9 Å². The summed E-state index contributed by atoms with van der Waals surface area (Å²) in [5, 5.41) is 3.07. The van der Waals surface area contributed by atoms with E-state index in [4.69, 9.17) is 4.74 Å². The molecule has 0 atom stereocenters. The number of carbonyl (C=O) groups excluding carboxylic acids is 2. The number of benzene rings is 3. The number of hydrogen-bond donors (Lipinski definition) is 1. The van der Waals surface area contributed by atoms with Gasteiger partial charge in [0.15, 0.2) is 0 Å². The van der Waals surface area contributed by atoms with Crippen LogP contribution in [0.3, 0.4) is 0 Å². The molecule has 1 aliphatic heterocycles. The molecule has 1 aliphatic rings. The summed E-state index contributed by atoms with van der Waals surface area (Å²) in [5.74, 6) is 0.685. The number of amides is 2. The number of anilines is 1. The van der Waals surface area contributed by atoms with E-state index in [9.17, 15) is 9.59 Å². The second kappa shape index (κ2) is 11.3. The average Bonchev–Trinajstić information content (AvgIpc) is 2.89. The zero-order valence-corrected chi connectivity index (χ0v) is 19.4. The fraction of sp³-hybridized carbons (Fsp3) is 0.241. The van der Waals surface area contributed by atoms with Crippen LogP contribution in [0.4, 0.5) is 5.69 Å². The molecule has 1 N–H and O–H groups in total. The molecule has 3 aromatic rings. The molecule has 0 aliphatic carbocycles. The predicted octanol–water partition coefficient (Wildman–Crippen LogP) is 5.18. The van der Waals surface area contributed by atoms with E-state index in [1.165, 1.54) is 5.56 Å². The molecule has 0 spiro atoms. The van der Waals surface area contributed by atoms with Crippen LogP contribution in [-0.4, -0.2) is 36.9 Å². The molecule has 1 heterocycles. The zero-order valence-electron chi connectivity index (χ0n) is 19.4. The smallest absolute Gasteiger partial charge is 0.246 e. The summed E-state index contributed by atoms with van der Waals surface area (Å²) < 4.78 is 5.52. The van der Waals surface area contributed by atoms with Gasteiger partial charge in [0.05, 0.1) is 7.11 Å². The lowest BCUT2D eigenvalue weighted by molar-refractivity contribution is -0.130. The van der Waals surface area contributed by atoms with E-state index in [1.54, 1.807) is 13.2 Å². The third-order valence-corrected chi connectivity index (χ3v) is 6.18. The Morgan fingerprint density at radius 2 is 1.65 bits per heavy atom. The first-order chi connectivity index (χ1) is 16.6. The Morgan fingerprint density at radius 1 is 0.971 bits per heavy atom. The van der Waals surface area contributed by atoms with E-state index in [-0.39, 0.29) is 17.7 Å². The van der Waals surface area contributed by atoms with Crippen LogP contribution in [-0.2, 0) is 16.0 Å². The fourth-order valence-corrected chi connectivity index (χ4v) is 4.25. The van der Waals surface area contributed by atoms with Gasteiger partial charge in [-0.15, -0.1) is 0 Å². The van der Waals surface area contributed by atoms with Crippen LogP contribution in [0.2, 0.25) is 0 Å². The number of nitrogens with one attached hydrogen (secondary N) is 1. The van der Waals surface area contributed by atoms with Gasteiger partial charge in [0.1, 0.15) is 5.75 Å². The van der Waals surface area contributed by atoms with Crippen molar-refractivity contribution < 1.29 is 14.3 Å². The zero-order chi connectivity index (χ0) is 23.8. The number of hydrogen-bond acceptors (Lipinski definition) is 3. The van der Waals surface area contributed by atoms with Crippen LogP contribution in [0.1, 0.15) is 29.5 Å². The number of nitrogens with zero attached hydrogens (tertiary/aromatic N) is 1. The maximum Gasteiger partial charge on any atom is 0.246 e. The van der Waals surface area contributed by atoms with Crippen LogP contribution in [0.5, 0.6) is 5.75 Å². The first kappa shape index (κ1) is 23.3. The third-order valence-electron chi connectivity index (χ3n) is 6.18. The summed E-state index contributed by atoms with van der Waals surface area (Å²) in [5.41, 5.74) is 3.97. The topological polar surface area (TPSA) is 58.6 Å². The quantitative estimate of drug-likeness (QED) is 0.501. The highest BCUT2D eigenvalue weighted by Gasteiger charge is 2.26. The van der Waals surface area contributed by atoms with Crippen molar-refractivity contribution in [1.29, 1.82) is 0 Å². The molecular weight excluding hydrogens is 424 g/mol. The summed E-state index contributed by atoms with van der Waals surface area (Å²) in [4.78, 5) is 27.2. The van der Waals surface area contributed by atoms with E-state index >= 15 is 0 Å². The van der Waals surface area contributed by atoms with Crippen LogP contribution in [0.25, 0.3) is 6.08 Å². The lowest BCUT2D eigenvalue weighted by Crippen LogP contribution is -2.40. The maximum atomic E-state index is 12.9. The highest BCUT2D eigenvalue weighted by Crippen LogP contribution is 2.27. The molecular formula is C29H30N2O3. The monoisotopic (exact) mass is 454 g/mol. The summed E-state index contributed by atoms with van der Waals surface area (Å²) in [6.45, 7) is 1.16. The van der Waals surface area contributed by atoms with Crippen LogP contribution < -0.4 is 10.1 Å². The Labute approximate surface area is 201 Å². The van der Waals surface area contributed by atoms with E-state index < -0.39 is 0 Å². The molecule has 0 saturated carbocycles. The van der Waals surface area contributed by atoms with Gasteiger partial charge in [-0.25, -0.2) is 0 Å². The summed E-state index contributed by atoms with van der Waals surface area (Å²) in [7, 11) is 1.66. The van der Waals surface area contributed by atoms with Gasteiger partial charge in [-0.05, 0) is 48.2 Å². The first-order valence-corrected chi connectivity index (χ1v) is 11.7. The summed E-state index contributed by atoms with van der Waals surface area (Å²) in [6.07, 6.45) is 5.48. The molecule has 3 aromatic carbocycles. The average molecular weight is 455 g/mol. The van der Waals surface area contributed by atoms with Crippen molar-refractivity contribution in [2.75, 3.05) is 25.5 Å². The van der Waals surface area contributed by atoms with Gasteiger partial charge in [-0.3, -0.25) is 9.59 Å². The molecule has 2 amide bonds. The molecule has 0 aromatic heterocycles. The normalized spacial score (nSPS) is 14.2. The van der Waals surface area contributed by atoms with Crippen LogP contribution in [0, 0.1) is 5.92 Å². The van der Waals surface area contributed by atoms with Gasteiger partial charge in [0.25, 0.3) is 0 Å². The summed E-state index contributed by atoms with van der Waals surface area (Å²) in [6, 6.07) is 25.7.